The lowest BCUT2D eigenvalue weighted by atomic mass is 10.2. The maximum absolute atomic E-state index is 12.7. The molecule has 1 rings (SSSR count). The van der Waals surface area contributed by atoms with Crippen LogP contribution in [0.2, 0.25) is 0 Å². The molecule has 1 aromatic heterocycles. The van der Waals surface area contributed by atoms with Crippen LogP contribution in [0.3, 0.4) is 0 Å². The third kappa shape index (κ3) is 4.01. The van der Waals surface area contributed by atoms with Crippen LogP contribution >= 0.6 is 0 Å². The summed E-state index contributed by atoms with van der Waals surface area (Å²) in [4.78, 5) is 22.1. The zero-order chi connectivity index (χ0) is 13.8. The lowest BCUT2D eigenvalue weighted by molar-refractivity contribution is -0.144. The van der Waals surface area contributed by atoms with E-state index in [0.29, 0.717) is 23.8 Å². The molecule has 1 aromatic rings. The van der Waals surface area contributed by atoms with Gasteiger partial charge in [0, 0.05) is 19.0 Å². The first-order valence-electron chi connectivity index (χ1n) is 5.59. The van der Waals surface area contributed by atoms with Gasteiger partial charge >= 0.3 is 6.18 Å². The van der Waals surface area contributed by atoms with Gasteiger partial charge in [-0.3, -0.25) is 4.79 Å². The molecule has 18 heavy (non-hydrogen) atoms. The summed E-state index contributed by atoms with van der Waals surface area (Å²) in [5.41, 5.74) is -1.62. The summed E-state index contributed by atoms with van der Waals surface area (Å²) in [5.74, 6) is -0.00791. The predicted octanol–water partition coefficient (Wildman–Crippen LogP) is 2.63. The van der Waals surface area contributed by atoms with E-state index in [9.17, 15) is 22.8 Å². The Kier molecular flexibility index (Phi) is 4.69. The Morgan fingerprint density at radius 3 is 2.50 bits per heavy atom. The summed E-state index contributed by atoms with van der Waals surface area (Å²) >= 11 is 0. The second-order valence-corrected chi connectivity index (χ2v) is 4.06. The zero-order valence-corrected chi connectivity index (χ0v) is 9.96. The number of carbonyl (C=O) groups excluding carboxylic acids is 1. The highest BCUT2D eigenvalue weighted by atomic mass is 19.4. The molecule has 100 valence electrons. The monoisotopic (exact) mass is 261 g/mol. The Bertz CT molecular complexity index is 477. The third-order valence-corrected chi connectivity index (χ3v) is 2.50. The number of rotatable bonds is 5. The second kappa shape index (κ2) is 5.84. The second-order valence-electron chi connectivity index (χ2n) is 4.06. The van der Waals surface area contributed by atoms with Gasteiger partial charge in [-0.15, -0.1) is 0 Å². The van der Waals surface area contributed by atoms with Gasteiger partial charge in [0.15, 0.2) is 0 Å². The largest absolute Gasteiger partial charge is 0.431 e. The molecule has 3 nitrogen and oxygen atoms in total. The highest BCUT2D eigenvalue weighted by molar-refractivity contribution is 5.75. The van der Waals surface area contributed by atoms with Crippen LogP contribution < -0.4 is 5.56 Å². The van der Waals surface area contributed by atoms with Gasteiger partial charge < -0.3 is 9.36 Å². The molecule has 0 saturated carbocycles. The fourth-order valence-electron chi connectivity index (χ4n) is 1.64. The summed E-state index contributed by atoms with van der Waals surface area (Å²) in [6.07, 6.45) is -3.37. The lowest BCUT2D eigenvalue weighted by Crippen LogP contribution is -2.27. The van der Waals surface area contributed by atoms with E-state index < -0.39 is 17.4 Å². The standard InChI is InChI=1S/C12H14F3NO2/c1-9(17)5-2-3-8-16-10(12(13,14)15)6-4-7-11(16)18/h4,6-7H,2-3,5,8H2,1H3. The first-order chi connectivity index (χ1) is 8.32. The number of hydrogen-bond acceptors (Lipinski definition) is 2. The van der Waals surface area contributed by atoms with Crippen molar-refractivity contribution in [2.24, 2.45) is 0 Å². The van der Waals surface area contributed by atoms with Crippen molar-refractivity contribution >= 4 is 5.78 Å². The number of pyridine rings is 1. The lowest BCUT2D eigenvalue weighted by Gasteiger charge is -2.14. The van der Waals surface area contributed by atoms with Gasteiger partial charge in [0.25, 0.3) is 5.56 Å². The Balaban J connectivity index is 2.81. The normalized spacial score (nSPS) is 11.6. The van der Waals surface area contributed by atoms with E-state index in [0.717, 1.165) is 18.2 Å². The maximum Gasteiger partial charge on any atom is 0.431 e. The molecule has 0 aliphatic heterocycles. The number of Topliss-reactive ketones (excluding diaryl/α,β-unsaturated/α-hetero) is 1. The van der Waals surface area contributed by atoms with Crippen LogP contribution in [0.5, 0.6) is 0 Å². The fourth-order valence-corrected chi connectivity index (χ4v) is 1.64. The summed E-state index contributed by atoms with van der Waals surface area (Å²) in [7, 11) is 0. The van der Waals surface area contributed by atoms with Gasteiger partial charge in [0.2, 0.25) is 0 Å². The SMILES string of the molecule is CC(=O)CCCCn1c(C(F)(F)F)cccc1=O. The van der Waals surface area contributed by atoms with Crippen LogP contribution in [-0.4, -0.2) is 10.4 Å². The van der Waals surface area contributed by atoms with Gasteiger partial charge in [-0.25, -0.2) is 0 Å². The van der Waals surface area contributed by atoms with Crippen LogP contribution in [-0.2, 0) is 17.5 Å². The number of hydrogen-bond donors (Lipinski definition) is 0. The molecule has 0 aliphatic rings. The van der Waals surface area contributed by atoms with Crippen molar-refractivity contribution in [3.8, 4) is 0 Å². The third-order valence-electron chi connectivity index (χ3n) is 2.50. The maximum atomic E-state index is 12.7. The summed E-state index contributed by atoms with van der Waals surface area (Å²) < 4.78 is 38.7. The van der Waals surface area contributed by atoms with Crippen molar-refractivity contribution in [1.29, 1.82) is 0 Å². The van der Waals surface area contributed by atoms with Gasteiger partial charge in [0.1, 0.15) is 11.5 Å². The number of aromatic nitrogens is 1. The first kappa shape index (κ1) is 14.5. The number of unbranched alkanes of at least 4 members (excludes halogenated alkanes) is 1. The Morgan fingerprint density at radius 2 is 1.94 bits per heavy atom. The van der Waals surface area contributed by atoms with Crippen LogP contribution in [0, 0.1) is 0 Å². The summed E-state index contributed by atoms with van der Waals surface area (Å²) in [6.45, 7) is 1.40. The molecule has 0 aliphatic carbocycles. The van der Waals surface area contributed by atoms with E-state index in [2.05, 4.69) is 0 Å². The van der Waals surface area contributed by atoms with Crippen molar-refractivity contribution in [2.45, 2.75) is 38.9 Å². The number of halogens is 3. The summed E-state index contributed by atoms with van der Waals surface area (Å²) in [5, 5.41) is 0. The first-order valence-corrected chi connectivity index (χ1v) is 5.59. The Hall–Kier alpha value is -1.59. The molecule has 0 spiro atoms. The number of carbonyl (C=O) groups is 1. The van der Waals surface area contributed by atoms with Crippen LogP contribution in [0.15, 0.2) is 23.0 Å². The van der Waals surface area contributed by atoms with Crippen molar-refractivity contribution in [1.82, 2.24) is 4.57 Å². The molecule has 0 amide bonds. The van der Waals surface area contributed by atoms with E-state index >= 15 is 0 Å². The van der Waals surface area contributed by atoms with E-state index in [1.807, 2.05) is 0 Å². The Labute approximate surface area is 102 Å². The van der Waals surface area contributed by atoms with Crippen molar-refractivity contribution in [2.75, 3.05) is 0 Å². The quantitative estimate of drug-likeness (QED) is 0.764. The van der Waals surface area contributed by atoms with Crippen LogP contribution in [0.1, 0.15) is 31.9 Å². The molecule has 0 fully saturated rings. The van der Waals surface area contributed by atoms with Crippen molar-refractivity contribution in [3.05, 3.63) is 34.2 Å². The van der Waals surface area contributed by atoms with E-state index in [1.54, 1.807) is 0 Å². The van der Waals surface area contributed by atoms with E-state index in [4.69, 9.17) is 0 Å². The molecule has 0 bridgehead atoms. The number of nitrogens with zero attached hydrogens (tertiary/aromatic N) is 1. The minimum absolute atomic E-state index is 0.00791. The molecular weight excluding hydrogens is 247 g/mol. The molecule has 0 atom stereocenters. The van der Waals surface area contributed by atoms with Gasteiger partial charge in [-0.1, -0.05) is 6.07 Å². The molecular formula is C12H14F3NO2. The number of alkyl halides is 3. The molecule has 0 radical (unpaired) electrons. The molecule has 6 heteroatoms. The average molecular weight is 261 g/mol. The van der Waals surface area contributed by atoms with Crippen molar-refractivity contribution in [3.63, 3.8) is 0 Å². The topological polar surface area (TPSA) is 39.1 Å². The molecule has 1 heterocycles. The van der Waals surface area contributed by atoms with Gasteiger partial charge in [0.05, 0.1) is 0 Å². The highest BCUT2D eigenvalue weighted by Gasteiger charge is 2.33. The Morgan fingerprint density at radius 1 is 1.28 bits per heavy atom. The zero-order valence-electron chi connectivity index (χ0n) is 9.96. The molecule has 0 unspecified atom stereocenters. The van der Waals surface area contributed by atoms with Crippen LogP contribution in [0.25, 0.3) is 0 Å². The number of ketones is 1. The molecule has 0 N–H and O–H groups in total. The van der Waals surface area contributed by atoms with E-state index in [1.165, 1.54) is 6.92 Å². The molecule has 0 saturated heterocycles. The smallest absolute Gasteiger partial charge is 0.304 e. The molecule has 0 aromatic carbocycles. The minimum Gasteiger partial charge on any atom is -0.304 e. The van der Waals surface area contributed by atoms with Gasteiger partial charge in [-0.2, -0.15) is 13.2 Å². The fraction of sp³-hybridized carbons (Fsp3) is 0.500. The average Bonchev–Trinajstić information content (AvgIpc) is 2.24. The van der Waals surface area contributed by atoms with E-state index in [-0.39, 0.29) is 12.3 Å². The van der Waals surface area contributed by atoms with Gasteiger partial charge in [-0.05, 0) is 25.8 Å². The minimum atomic E-state index is -4.54. The highest BCUT2D eigenvalue weighted by Crippen LogP contribution is 2.28. The van der Waals surface area contributed by atoms with Crippen molar-refractivity contribution < 1.29 is 18.0 Å². The summed E-state index contributed by atoms with van der Waals surface area (Å²) in [6, 6.07) is 3.07. The van der Waals surface area contributed by atoms with Crippen LogP contribution in [0.4, 0.5) is 13.2 Å². The predicted molar refractivity (Wildman–Crippen MR) is 60.2 cm³/mol.